The van der Waals surface area contributed by atoms with Crippen LogP contribution < -0.4 is 5.73 Å². The Hall–Kier alpha value is -0.610. The van der Waals surface area contributed by atoms with Gasteiger partial charge in [0.1, 0.15) is 0 Å². The highest BCUT2D eigenvalue weighted by atomic mass is 16.5. The summed E-state index contributed by atoms with van der Waals surface area (Å²) >= 11 is 0. The highest BCUT2D eigenvalue weighted by Crippen LogP contribution is 2.27. The van der Waals surface area contributed by atoms with Crippen LogP contribution >= 0.6 is 0 Å². The molecule has 4 heteroatoms. The lowest BCUT2D eigenvalue weighted by atomic mass is 9.82. The second kappa shape index (κ2) is 6.21. The number of ether oxygens (including phenoxy) is 2. The van der Waals surface area contributed by atoms with Gasteiger partial charge in [-0.2, -0.15) is 0 Å². The predicted molar refractivity (Wildman–Crippen MR) is 62.0 cm³/mol. The quantitative estimate of drug-likeness (QED) is 0.698. The maximum absolute atomic E-state index is 12.0. The lowest BCUT2D eigenvalue weighted by Gasteiger charge is -2.27. The normalized spacial score (nSPS) is 21.1. The van der Waals surface area contributed by atoms with E-state index in [1.807, 2.05) is 13.8 Å². The molecule has 0 amide bonds. The Labute approximate surface area is 97.5 Å². The van der Waals surface area contributed by atoms with E-state index in [4.69, 9.17) is 15.2 Å². The molecule has 1 rings (SSSR count). The van der Waals surface area contributed by atoms with E-state index in [0.717, 1.165) is 25.9 Å². The van der Waals surface area contributed by atoms with E-state index in [1.54, 1.807) is 0 Å². The van der Waals surface area contributed by atoms with Gasteiger partial charge in [-0.05, 0) is 19.3 Å². The zero-order chi connectivity index (χ0) is 12.0. The highest BCUT2D eigenvalue weighted by Gasteiger charge is 2.35. The van der Waals surface area contributed by atoms with Crippen molar-refractivity contribution in [2.24, 2.45) is 17.1 Å². The maximum atomic E-state index is 12.0. The Morgan fingerprint density at radius 2 is 2.19 bits per heavy atom. The molecule has 4 nitrogen and oxygen atoms in total. The molecule has 1 atom stereocenters. The van der Waals surface area contributed by atoms with Crippen LogP contribution in [0.15, 0.2) is 0 Å². The smallest absolute Gasteiger partial charge is 0.313 e. The summed E-state index contributed by atoms with van der Waals surface area (Å²) in [4.78, 5) is 12.0. The van der Waals surface area contributed by atoms with Crippen LogP contribution in [0.1, 0.15) is 33.1 Å². The highest BCUT2D eigenvalue weighted by molar-refractivity contribution is 5.77. The number of rotatable bonds is 6. The molecule has 1 fully saturated rings. The first-order valence-electron chi connectivity index (χ1n) is 6.13. The third-order valence-corrected chi connectivity index (χ3v) is 3.65. The fourth-order valence-electron chi connectivity index (χ4n) is 1.97. The van der Waals surface area contributed by atoms with Crippen molar-refractivity contribution in [2.45, 2.75) is 33.1 Å². The van der Waals surface area contributed by atoms with Crippen molar-refractivity contribution < 1.29 is 14.3 Å². The van der Waals surface area contributed by atoms with Crippen LogP contribution in [0, 0.1) is 11.3 Å². The van der Waals surface area contributed by atoms with Gasteiger partial charge in [-0.3, -0.25) is 4.79 Å². The van der Waals surface area contributed by atoms with Gasteiger partial charge in [0.05, 0.1) is 18.6 Å². The third-order valence-electron chi connectivity index (χ3n) is 3.65. The summed E-state index contributed by atoms with van der Waals surface area (Å²) in [5.41, 5.74) is 5.20. The topological polar surface area (TPSA) is 61.6 Å². The van der Waals surface area contributed by atoms with Gasteiger partial charge in [-0.15, -0.1) is 0 Å². The standard InChI is InChI=1S/C12H23NO3/c1-3-12(4-2,9-13)11(14)16-8-10-5-6-15-7-10/h10H,3-9,13H2,1-2H3. The molecule has 0 aromatic heterocycles. The van der Waals surface area contributed by atoms with E-state index in [1.165, 1.54) is 0 Å². The molecule has 1 heterocycles. The summed E-state index contributed by atoms with van der Waals surface area (Å²) in [6, 6.07) is 0. The van der Waals surface area contributed by atoms with Crippen LogP contribution in [0.2, 0.25) is 0 Å². The molecule has 1 unspecified atom stereocenters. The zero-order valence-electron chi connectivity index (χ0n) is 10.3. The van der Waals surface area contributed by atoms with E-state index in [2.05, 4.69) is 0 Å². The zero-order valence-corrected chi connectivity index (χ0v) is 10.3. The first kappa shape index (κ1) is 13.5. The van der Waals surface area contributed by atoms with Gasteiger partial charge in [0.15, 0.2) is 0 Å². The Kier molecular flexibility index (Phi) is 5.22. The molecule has 94 valence electrons. The molecule has 16 heavy (non-hydrogen) atoms. The molecule has 2 N–H and O–H groups in total. The van der Waals surface area contributed by atoms with Crippen LogP contribution in [-0.2, 0) is 14.3 Å². The van der Waals surface area contributed by atoms with E-state index in [-0.39, 0.29) is 5.97 Å². The Morgan fingerprint density at radius 3 is 2.62 bits per heavy atom. The lowest BCUT2D eigenvalue weighted by molar-refractivity contribution is -0.157. The van der Waals surface area contributed by atoms with Gasteiger partial charge in [0.25, 0.3) is 0 Å². The summed E-state index contributed by atoms with van der Waals surface area (Å²) in [5.74, 6) is 0.222. The molecule has 1 aliphatic heterocycles. The van der Waals surface area contributed by atoms with Crippen LogP contribution in [0.25, 0.3) is 0 Å². The molecule has 0 aromatic rings. The van der Waals surface area contributed by atoms with Crippen molar-refractivity contribution in [3.63, 3.8) is 0 Å². The number of esters is 1. The van der Waals surface area contributed by atoms with Gasteiger partial charge in [-0.25, -0.2) is 0 Å². The van der Waals surface area contributed by atoms with Crippen molar-refractivity contribution in [1.29, 1.82) is 0 Å². The minimum atomic E-state index is -0.487. The van der Waals surface area contributed by atoms with Gasteiger partial charge in [0.2, 0.25) is 0 Å². The largest absolute Gasteiger partial charge is 0.465 e. The van der Waals surface area contributed by atoms with Gasteiger partial charge in [-0.1, -0.05) is 13.8 Å². The number of nitrogens with two attached hydrogens (primary N) is 1. The molecule has 0 bridgehead atoms. The average Bonchev–Trinajstić information content (AvgIpc) is 2.82. The molecule has 0 aliphatic carbocycles. The second-order valence-electron chi connectivity index (χ2n) is 4.52. The molecular formula is C12H23NO3. The number of hydrogen-bond donors (Lipinski definition) is 1. The molecular weight excluding hydrogens is 206 g/mol. The summed E-state index contributed by atoms with van der Waals surface area (Å²) in [6.07, 6.45) is 2.46. The number of carbonyl (C=O) groups excluding carboxylic acids is 1. The summed E-state index contributed by atoms with van der Waals surface area (Å²) in [5, 5.41) is 0. The fourth-order valence-corrected chi connectivity index (χ4v) is 1.97. The van der Waals surface area contributed by atoms with Crippen LogP contribution in [0.5, 0.6) is 0 Å². The van der Waals surface area contributed by atoms with Crippen LogP contribution in [-0.4, -0.2) is 32.3 Å². The molecule has 0 saturated carbocycles. The summed E-state index contributed by atoms with van der Waals surface area (Å²) in [7, 11) is 0. The van der Waals surface area contributed by atoms with Crippen molar-refractivity contribution in [1.82, 2.24) is 0 Å². The Balaban J connectivity index is 2.42. The first-order valence-corrected chi connectivity index (χ1v) is 6.13. The molecule has 1 aliphatic rings. The maximum Gasteiger partial charge on any atom is 0.313 e. The van der Waals surface area contributed by atoms with Crippen LogP contribution in [0.3, 0.4) is 0 Å². The predicted octanol–water partition coefficient (Wildman–Crippen LogP) is 1.33. The second-order valence-corrected chi connectivity index (χ2v) is 4.52. The average molecular weight is 229 g/mol. The minimum Gasteiger partial charge on any atom is -0.465 e. The summed E-state index contributed by atoms with van der Waals surface area (Å²) in [6.45, 7) is 6.29. The van der Waals surface area contributed by atoms with Gasteiger partial charge < -0.3 is 15.2 Å². The Bertz CT molecular complexity index is 212. The van der Waals surface area contributed by atoms with E-state index in [0.29, 0.717) is 25.7 Å². The molecule has 1 saturated heterocycles. The number of hydrogen-bond acceptors (Lipinski definition) is 4. The SMILES string of the molecule is CCC(CC)(CN)C(=O)OCC1CCOC1. The van der Waals surface area contributed by atoms with E-state index >= 15 is 0 Å². The van der Waals surface area contributed by atoms with E-state index in [9.17, 15) is 4.79 Å². The molecule has 0 radical (unpaired) electrons. The van der Waals surface area contributed by atoms with Crippen molar-refractivity contribution >= 4 is 5.97 Å². The van der Waals surface area contributed by atoms with Gasteiger partial charge in [0, 0.05) is 19.1 Å². The molecule has 0 aromatic carbocycles. The third kappa shape index (κ3) is 2.95. The first-order chi connectivity index (χ1) is 7.68. The van der Waals surface area contributed by atoms with Crippen molar-refractivity contribution in [2.75, 3.05) is 26.4 Å². The number of carbonyl (C=O) groups is 1. The van der Waals surface area contributed by atoms with E-state index < -0.39 is 5.41 Å². The fraction of sp³-hybridized carbons (Fsp3) is 0.917. The van der Waals surface area contributed by atoms with Gasteiger partial charge >= 0.3 is 5.97 Å². The van der Waals surface area contributed by atoms with Crippen molar-refractivity contribution in [3.8, 4) is 0 Å². The van der Waals surface area contributed by atoms with Crippen molar-refractivity contribution in [3.05, 3.63) is 0 Å². The minimum absolute atomic E-state index is 0.146. The Morgan fingerprint density at radius 1 is 1.50 bits per heavy atom. The van der Waals surface area contributed by atoms with Crippen LogP contribution in [0.4, 0.5) is 0 Å². The lowest BCUT2D eigenvalue weighted by Crippen LogP contribution is -2.39. The monoisotopic (exact) mass is 229 g/mol. The molecule has 0 spiro atoms. The summed E-state index contributed by atoms with van der Waals surface area (Å²) < 4.78 is 10.6.